The van der Waals surface area contributed by atoms with Crippen molar-refractivity contribution in [2.45, 2.75) is 38.6 Å². The Morgan fingerprint density at radius 1 is 0.971 bits per heavy atom. The fourth-order valence-corrected chi connectivity index (χ4v) is 4.97. The summed E-state index contributed by atoms with van der Waals surface area (Å²) in [6.07, 6.45) is 2.18. The van der Waals surface area contributed by atoms with Crippen molar-refractivity contribution in [1.29, 1.82) is 0 Å². The molecule has 1 atom stereocenters. The number of benzene rings is 3. The maximum absolute atomic E-state index is 13.1. The van der Waals surface area contributed by atoms with E-state index in [0.717, 1.165) is 53.4 Å². The van der Waals surface area contributed by atoms with Crippen LogP contribution in [0.3, 0.4) is 0 Å². The first kappa shape index (κ1) is 23.0. The molecule has 0 radical (unpaired) electrons. The Balaban J connectivity index is 1.36. The number of carbonyl (C=O) groups is 1. The molecular weight excluding hydrogens is 438 g/mol. The number of aryl methyl sites for hydroxylation is 2. The van der Waals surface area contributed by atoms with Crippen molar-refractivity contribution in [2.75, 3.05) is 25.2 Å². The number of methoxy groups -OCH3 is 1. The summed E-state index contributed by atoms with van der Waals surface area (Å²) >= 11 is 0. The predicted molar refractivity (Wildman–Crippen MR) is 138 cm³/mol. The Kier molecular flexibility index (Phi) is 6.70. The first-order valence-corrected chi connectivity index (χ1v) is 12.3. The Hall–Kier alpha value is -3.80. The number of para-hydroxylation sites is 5. The Bertz CT molecular complexity index is 1330. The lowest BCUT2D eigenvalue weighted by Gasteiger charge is -2.20. The normalized spacial score (nSPS) is 15.7. The molecule has 1 aromatic heterocycles. The first-order chi connectivity index (χ1) is 17.2. The maximum Gasteiger partial charge on any atom is 0.227 e. The third-order valence-electron chi connectivity index (χ3n) is 6.69. The van der Waals surface area contributed by atoms with Crippen molar-refractivity contribution in [2.24, 2.45) is 0 Å². The van der Waals surface area contributed by atoms with Crippen molar-refractivity contribution in [3.05, 3.63) is 84.2 Å². The molecule has 0 bridgehead atoms. The van der Waals surface area contributed by atoms with Gasteiger partial charge in [0.15, 0.2) is 11.5 Å². The molecule has 6 heteroatoms. The van der Waals surface area contributed by atoms with Crippen molar-refractivity contribution < 1.29 is 14.3 Å². The number of rotatable bonds is 9. The van der Waals surface area contributed by atoms with Gasteiger partial charge in [0.05, 0.1) is 24.8 Å². The topological polar surface area (TPSA) is 56.6 Å². The standard InChI is InChI=1S/C29H31N3O3/c1-3-21-11-4-6-13-24(21)32-20-22(19-28(32)33)29-30-23-12-5-7-14-25(23)31(29)17-10-18-35-27-16-9-8-15-26(27)34-2/h4-9,11-16,22H,3,10,17-20H2,1-2H3. The highest BCUT2D eigenvalue weighted by atomic mass is 16.5. The lowest BCUT2D eigenvalue weighted by atomic mass is 10.1. The summed E-state index contributed by atoms with van der Waals surface area (Å²) in [7, 11) is 1.65. The molecule has 35 heavy (non-hydrogen) atoms. The molecule has 0 aliphatic carbocycles. The second-order valence-corrected chi connectivity index (χ2v) is 8.85. The van der Waals surface area contributed by atoms with Crippen LogP contribution in [0.4, 0.5) is 5.69 Å². The number of hydrogen-bond acceptors (Lipinski definition) is 4. The highest BCUT2D eigenvalue weighted by Crippen LogP contribution is 2.35. The van der Waals surface area contributed by atoms with E-state index < -0.39 is 0 Å². The number of anilines is 1. The van der Waals surface area contributed by atoms with Gasteiger partial charge in [0.2, 0.25) is 5.91 Å². The second kappa shape index (κ2) is 10.2. The number of aromatic nitrogens is 2. The molecule has 2 heterocycles. The molecule has 1 amide bonds. The molecule has 1 saturated heterocycles. The average Bonchev–Trinajstić information content (AvgIpc) is 3.47. The zero-order valence-electron chi connectivity index (χ0n) is 20.3. The number of imidazole rings is 1. The van der Waals surface area contributed by atoms with Gasteiger partial charge in [-0.05, 0) is 48.7 Å². The van der Waals surface area contributed by atoms with Gasteiger partial charge >= 0.3 is 0 Å². The molecule has 180 valence electrons. The number of ether oxygens (including phenoxy) is 2. The van der Waals surface area contributed by atoms with E-state index in [4.69, 9.17) is 14.5 Å². The molecule has 1 aliphatic heterocycles. The van der Waals surface area contributed by atoms with Crippen LogP contribution >= 0.6 is 0 Å². The van der Waals surface area contributed by atoms with Crippen LogP contribution in [0.5, 0.6) is 11.5 Å². The van der Waals surface area contributed by atoms with Crippen LogP contribution < -0.4 is 14.4 Å². The maximum atomic E-state index is 13.1. The first-order valence-electron chi connectivity index (χ1n) is 12.3. The molecule has 0 saturated carbocycles. The van der Waals surface area contributed by atoms with Gasteiger partial charge in [-0.15, -0.1) is 0 Å². The Morgan fingerprint density at radius 2 is 1.71 bits per heavy atom. The number of nitrogens with zero attached hydrogens (tertiary/aromatic N) is 3. The zero-order valence-corrected chi connectivity index (χ0v) is 20.3. The lowest BCUT2D eigenvalue weighted by molar-refractivity contribution is -0.117. The van der Waals surface area contributed by atoms with E-state index in [2.05, 4.69) is 29.7 Å². The van der Waals surface area contributed by atoms with Crippen LogP contribution in [-0.2, 0) is 17.8 Å². The lowest BCUT2D eigenvalue weighted by Crippen LogP contribution is -2.25. The van der Waals surface area contributed by atoms with E-state index >= 15 is 0 Å². The summed E-state index contributed by atoms with van der Waals surface area (Å²) in [6.45, 7) is 4.10. The van der Waals surface area contributed by atoms with Gasteiger partial charge < -0.3 is 18.9 Å². The van der Waals surface area contributed by atoms with E-state index in [1.54, 1.807) is 7.11 Å². The van der Waals surface area contributed by atoms with Gasteiger partial charge in [-0.3, -0.25) is 4.79 Å². The minimum atomic E-state index is 0.0509. The van der Waals surface area contributed by atoms with Crippen LogP contribution in [0.2, 0.25) is 0 Å². The third kappa shape index (κ3) is 4.61. The van der Waals surface area contributed by atoms with E-state index in [0.29, 0.717) is 19.6 Å². The van der Waals surface area contributed by atoms with Crippen molar-refractivity contribution in [1.82, 2.24) is 9.55 Å². The molecule has 1 aliphatic rings. The van der Waals surface area contributed by atoms with Crippen molar-refractivity contribution >= 4 is 22.6 Å². The van der Waals surface area contributed by atoms with Crippen molar-refractivity contribution in [3.63, 3.8) is 0 Å². The minimum absolute atomic E-state index is 0.0509. The van der Waals surface area contributed by atoms with Crippen LogP contribution in [0.15, 0.2) is 72.8 Å². The van der Waals surface area contributed by atoms with Gasteiger partial charge in [-0.2, -0.15) is 0 Å². The van der Waals surface area contributed by atoms with Gasteiger partial charge in [0.1, 0.15) is 5.82 Å². The second-order valence-electron chi connectivity index (χ2n) is 8.85. The molecule has 1 unspecified atom stereocenters. The molecular formula is C29H31N3O3. The van der Waals surface area contributed by atoms with Gasteiger partial charge in [-0.25, -0.2) is 4.98 Å². The third-order valence-corrected chi connectivity index (χ3v) is 6.69. The van der Waals surface area contributed by atoms with Crippen LogP contribution in [-0.4, -0.2) is 35.7 Å². The monoisotopic (exact) mass is 469 g/mol. The molecule has 1 fully saturated rings. The fourth-order valence-electron chi connectivity index (χ4n) is 4.97. The summed E-state index contributed by atoms with van der Waals surface area (Å²) in [5.41, 5.74) is 4.28. The molecule has 6 nitrogen and oxygen atoms in total. The van der Waals surface area contributed by atoms with Crippen LogP contribution in [0, 0.1) is 0 Å². The number of amides is 1. The average molecular weight is 470 g/mol. The predicted octanol–water partition coefficient (Wildman–Crippen LogP) is 5.60. The van der Waals surface area contributed by atoms with Gasteiger partial charge in [0.25, 0.3) is 0 Å². The summed E-state index contributed by atoms with van der Waals surface area (Å²) in [5, 5.41) is 0. The van der Waals surface area contributed by atoms with E-state index in [1.165, 1.54) is 5.56 Å². The molecule has 0 N–H and O–H groups in total. The largest absolute Gasteiger partial charge is 0.493 e. The Morgan fingerprint density at radius 3 is 2.54 bits per heavy atom. The smallest absolute Gasteiger partial charge is 0.227 e. The molecule has 0 spiro atoms. The summed E-state index contributed by atoms with van der Waals surface area (Å²) < 4.78 is 13.7. The number of carbonyl (C=O) groups excluding carboxylic acids is 1. The summed E-state index contributed by atoms with van der Waals surface area (Å²) in [6, 6.07) is 24.1. The van der Waals surface area contributed by atoms with Crippen molar-refractivity contribution in [3.8, 4) is 11.5 Å². The van der Waals surface area contributed by atoms with Crippen LogP contribution in [0.25, 0.3) is 11.0 Å². The minimum Gasteiger partial charge on any atom is -0.493 e. The fraction of sp³-hybridized carbons (Fsp3) is 0.310. The highest BCUT2D eigenvalue weighted by Gasteiger charge is 2.35. The van der Waals surface area contributed by atoms with Gasteiger partial charge in [0, 0.05) is 31.1 Å². The SMILES string of the molecule is CCc1ccccc1N1CC(c2nc3ccccc3n2CCCOc2ccccc2OC)CC1=O. The zero-order chi connectivity index (χ0) is 24.2. The quantitative estimate of drug-likeness (QED) is 0.300. The molecule has 4 aromatic rings. The highest BCUT2D eigenvalue weighted by molar-refractivity contribution is 5.97. The van der Waals surface area contributed by atoms with E-state index in [1.807, 2.05) is 59.5 Å². The molecule has 3 aromatic carbocycles. The number of fused-ring (bicyclic) bond motifs is 1. The van der Waals surface area contributed by atoms with Crippen LogP contribution in [0.1, 0.15) is 37.1 Å². The number of hydrogen-bond donors (Lipinski definition) is 0. The summed E-state index contributed by atoms with van der Waals surface area (Å²) in [4.78, 5) is 20.0. The Labute approximate surface area is 206 Å². The summed E-state index contributed by atoms with van der Waals surface area (Å²) in [5.74, 6) is 2.67. The molecule has 5 rings (SSSR count). The van der Waals surface area contributed by atoms with Gasteiger partial charge in [-0.1, -0.05) is 49.4 Å². The van der Waals surface area contributed by atoms with E-state index in [-0.39, 0.29) is 11.8 Å². The van der Waals surface area contributed by atoms with E-state index in [9.17, 15) is 4.79 Å².